The van der Waals surface area contributed by atoms with Crippen molar-refractivity contribution in [3.63, 3.8) is 0 Å². The normalized spacial score (nSPS) is 29.2. The van der Waals surface area contributed by atoms with Crippen molar-refractivity contribution in [3.05, 3.63) is 0 Å². The Balaban J connectivity index is 1.68. The van der Waals surface area contributed by atoms with Gasteiger partial charge in [-0.05, 0) is 30.2 Å². The summed E-state index contributed by atoms with van der Waals surface area (Å²) in [7, 11) is 0. The smallest absolute Gasteiger partial charge is 0.0594 e. The highest BCUT2D eigenvalue weighted by Gasteiger charge is 2.63. The molecule has 1 aliphatic heterocycles. The Morgan fingerprint density at radius 2 is 1.72 bits per heavy atom. The summed E-state index contributed by atoms with van der Waals surface area (Å²) in [6.45, 7) is 18.2. The molecule has 3 heteroatoms. The van der Waals surface area contributed by atoms with E-state index in [1.807, 2.05) is 0 Å². The van der Waals surface area contributed by atoms with E-state index in [2.05, 4.69) is 44.8 Å². The van der Waals surface area contributed by atoms with Crippen molar-refractivity contribution >= 4 is 0 Å². The minimum absolute atomic E-state index is 0.499. The van der Waals surface area contributed by atoms with Gasteiger partial charge in [0.2, 0.25) is 0 Å². The predicted molar refractivity (Wildman–Crippen MR) is 75.8 cm³/mol. The van der Waals surface area contributed by atoms with Gasteiger partial charge in [0.25, 0.3) is 0 Å². The van der Waals surface area contributed by atoms with Gasteiger partial charge in [0, 0.05) is 25.7 Å². The first-order valence-electron chi connectivity index (χ1n) is 7.39. The highest BCUT2D eigenvalue weighted by Crippen LogP contribution is 2.67. The molecule has 0 aromatic carbocycles. The minimum atomic E-state index is 0.499. The first-order chi connectivity index (χ1) is 8.35. The lowest BCUT2D eigenvalue weighted by Crippen LogP contribution is -2.45. The van der Waals surface area contributed by atoms with Gasteiger partial charge < -0.3 is 10.1 Å². The van der Waals surface area contributed by atoms with Crippen LogP contribution in [0.15, 0.2) is 0 Å². The zero-order valence-electron chi connectivity index (χ0n) is 12.8. The molecule has 0 spiro atoms. The van der Waals surface area contributed by atoms with Crippen molar-refractivity contribution in [1.82, 2.24) is 10.2 Å². The van der Waals surface area contributed by atoms with Gasteiger partial charge in [-0.1, -0.05) is 27.7 Å². The molecule has 106 valence electrons. The first-order valence-corrected chi connectivity index (χ1v) is 7.39. The number of hydrogen-bond donors (Lipinski definition) is 1. The quantitative estimate of drug-likeness (QED) is 0.812. The molecule has 0 amide bonds. The summed E-state index contributed by atoms with van der Waals surface area (Å²) in [5.41, 5.74) is 0.997. The van der Waals surface area contributed by atoms with Crippen molar-refractivity contribution in [3.8, 4) is 0 Å². The van der Waals surface area contributed by atoms with E-state index in [1.165, 1.54) is 0 Å². The summed E-state index contributed by atoms with van der Waals surface area (Å²) in [5, 5.41) is 3.72. The molecule has 2 rings (SSSR count). The number of rotatable bonds is 5. The number of ether oxygens (including phenoxy) is 1. The molecule has 1 heterocycles. The van der Waals surface area contributed by atoms with E-state index >= 15 is 0 Å². The molecule has 1 saturated carbocycles. The highest BCUT2D eigenvalue weighted by molar-refractivity contribution is 5.12. The van der Waals surface area contributed by atoms with Crippen LogP contribution in [-0.2, 0) is 4.74 Å². The van der Waals surface area contributed by atoms with Gasteiger partial charge in [0.15, 0.2) is 0 Å². The van der Waals surface area contributed by atoms with Gasteiger partial charge in [0.05, 0.1) is 13.2 Å². The lowest BCUT2D eigenvalue weighted by Gasteiger charge is -2.29. The fourth-order valence-electron chi connectivity index (χ4n) is 3.40. The molecule has 0 aromatic rings. The van der Waals surface area contributed by atoms with Crippen LogP contribution in [0.3, 0.4) is 0 Å². The minimum Gasteiger partial charge on any atom is -0.379 e. The molecule has 18 heavy (non-hydrogen) atoms. The lowest BCUT2D eigenvalue weighted by molar-refractivity contribution is 0.0343. The Hall–Kier alpha value is -0.120. The van der Waals surface area contributed by atoms with Crippen molar-refractivity contribution in [1.29, 1.82) is 0 Å². The molecule has 0 radical (unpaired) electrons. The maximum atomic E-state index is 5.38. The van der Waals surface area contributed by atoms with Gasteiger partial charge in [-0.2, -0.15) is 0 Å². The van der Waals surface area contributed by atoms with Gasteiger partial charge in [-0.3, -0.25) is 4.90 Å². The van der Waals surface area contributed by atoms with Crippen LogP contribution in [0.2, 0.25) is 0 Å². The third-order valence-electron chi connectivity index (χ3n) is 5.63. The molecule has 0 aromatic heterocycles. The fourth-order valence-corrected chi connectivity index (χ4v) is 3.40. The summed E-state index contributed by atoms with van der Waals surface area (Å²) < 4.78 is 5.38. The van der Waals surface area contributed by atoms with Crippen LogP contribution >= 0.6 is 0 Å². The number of morpholine rings is 1. The molecule has 1 saturated heterocycles. The van der Waals surface area contributed by atoms with E-state index < -0.39 is 0 Å². The van der Waals surface area contributed by atoms with Gasteiger partial charge in [-0.25, -0.2) is 0 Å². The van der Waals surface area contributed by atoms with Crippen LogP contribution in [0, 0.1) is 16.7 Å². The molecular weight excluding hydrogens is 224 g/mol. The zero-order chi connectivity index (χ0) is 13.4. The maximum absolute atomic E-state index is 5.38. The SMILES string of the molecule is CC(CN1CCOCC1)NCC1C(C)(C)C1(C)C. The maximum Gasteiger partial charge on any atom is 0.0594 e. The standard InChI is InChI=1S/C15H30N2O/c1-12(11-17-6-8-18-9-7-17)16-10-13-14(2,3)15(13,4)5/h12-13,16H,6-11H2,1-5H3. The van der Waals surface area contributed by atoms with E-state index in [0.717, 1.165) is 45.3 Å². The van der Waals surface area contributed by atoms with Crippen LogP contribution in [0.4, 0.5) is 0 Å². The van der Waals surface area contributed by atoms with Crippen LogP contribution in [0.1, 0.15) is 34.6 Å². The number of hydrogen-bond acceptors (Lipinski definition) is 3. The third kappa shape index (κ3) is 2.73. The zero-order valence-corrected chi connectivity index (χ0v) is 12.8. The largest absolute Gasteiger partial charge is 0.379 e. The molecular formula is C15H30N2O. The van der Waals surface area contributed by atoms with E-state index in [4.69, 9.17) is 4.74 Å². The van der Waals surface area contributed by atoms with E-state index in [0.29, 0.717) is 16.9 Å². The van der Waals surface area contributed by atoms with Crippen LogP contribution in [0.25, 0.3) is 0 Å². The summed E-state index contributed by atoms with van der Waals surface area (Å²) in [6, 6.07) is 0.579. The molecule has 1 atom stereocenters. The Labute approximate surface area is 112 Å². The summed E-state index contributed by atoms with van der Waals surface area (Å²) in [6.07, 6.45) is 0. The van der Waals surface area contributed by atoms with Gasteiger partial charge in [0.1, 0.15) is 0 Å². The van der Waals surface area contributed by atoms with E-state index in [9.17, 15) is 0 Å². The molecule has 0 bridgehead atoms. The van der Waals surface area contributed by atoms with Crippen molar-refractivity contribution in [2.45, 2.75) is 40.7 Å². The van der Waals surface area contributed by atoms with Gasteiger partial charge >= 0.3 is 0 Å². The molecule has 1 unspecified atom stereocenters. The number of nitrogens with one attached hydrogen (secondary N) is 1. The second-order valence-electron chi connectivity index (χ2n) is 7.22. The van der Waals surface area contributed by atoms with Crippen LogP contribution in [0.5, 0.6) is 0 Å². The average molecular weight is 254 g/mol. The Bertz CT molecular complexity index is 268. The average Bonchev–Trinajstić information content (AvgIpc) is 2.68. The van der Waals surface area contributed by atoms with Crippen LogP contribution < -0.4 is 5.32 Å². The Morgan fingerprint density at radius 3 is 2.22 bits per heavy atom. The van der Waals surface area contributed by atoms with Crippen molar-refractivity contribution < 1.29 is 4.74 Å². The molecule has 3 nitrogen and oxygen atoms in total. The van der Waals surface area contributed by atoms with Crippen molar-refractivity contribution in [2.24, 2.45) is 16.7 Å². The molecule has 1 aliphatic carbocycles. The second-order valence-corrected chi connectivity index (χ2v) is 7.22. The van der Waals surface area contributed by atoms with Gasteiger partial charge in [-0.15, -0.1) is 0 Å². The fraction of sp³-hybridized carbons (Fsp3) is 1.00. The Morgan fingerprint density at radius 1 is 1.17 bits per heavy atom. The highest BCUT2D eigenvalue weighted by atomic mass is 16.5. The van der Waals surface area contributed by atoms with Crippen LogP contribution in [-0.4, -0.2) is 50.3 Å². The molecule has 1 N–H and O–H groups in total. The summed E-state index contributed by atoms with van der Waals surface area (Å²) >= 11 is 0. The predicted octanol–water partition coefficient (Wildman–Crippen LogP) is 1.98. The molecule has 2 fully saturated rings. The Kier molecular flexibility index (Phi) is 4.05. The monoisotopic (exact) mass is 254 g/mol. The first kappa shape index (κ1) is 14.3. The summed E-state index contributed by atoms with van der Waals surface area (Å²) in [4.78, 5) is 2.50. The number of nitrogens with zero attached hydrogens (tertiary/aromatic N) is 1. The molecule has 2 aliphatic rings. The second kappa shape index (κ2) is 5.10. The third-order valence-corrected chi connectivity index (χ3v) is 5.63. The van der Waals surface area contributed by atoms with E-state index in [1.54, 1.807) is 0 Å². The topological polar surface area (TPSA) is 24.5 Å². The lowest BCUT2D eigenvalue weighted by atomic mass is 10.0. The van der Waals surface area contributed by atoms with E-state index in [-0.39, 0.29) is 0 Å². The van der Waals surface area contributed by atoms with Crippen molar-refractivity contribution in [2.75, 3.05) is 39.4 Å². The summed E-state index contributed by atoms with van der Waals surface area (Å²) in [5.74, 6) is 0.817.